The molecule has 0 unspecified atom stereocenters. The van der Waals surface area contributed by atoms with Crippen molar-refractivity contribution >= 4 is 28.5 Å². The topological polar surface area (TPSA) is 55.4 Å². The summed E-state index contributed by atoms with van der Waals surface area (Å²) >= 11 is 0.935. The summed E-state index contributed by atoms with van der Waals surface area (Å²) in [4.78, 5) is 23.0. The number of thioether (sulfide) groups is 1. The molecule has 17 heavy (non-hydrogen) atoms. The Kier molecular flexibility index (Phi) is 3.19. The van der Waals surface area contributed by atoms with Crippen molar-refractivity contribution in [1.82, 2.24) is 5.32 Å². The van der Waals surface area contributed by atoms with Gasteiger partial charge in [0.05, 0.1) is 12.0 Å². The van der Waals surface area contributed by atoms with Crippen LogP contribution >= 0.6 is 11.8 Å². The number of hydrogen-bond donors (Lipinski definition) is 1. The number of methoxy groups -OCH3 is 1. The van der Waals surface area contributed by atoms with Gasteiger partial charge < -0.3 is 4.74 Å². The Balaban J connectivity index is 2.35. The minimum atomic E-state index is -0.326. The van der Waals surface area contributed by atoms with Gasteiger partial charge in [-0.15, -0.1) is 0 Å². The Morgan fingerprint density at radius 2 is 1.88 bits per heavy atom. The van der Waals surface area contributed by atoms with E-state index in [1.807, 2.05) is 31.2 Å². The van der Waals surface area contributed by atoms with Crippen LogP contribution in [0.1, 0.15) is 12.5 Å². The molecule has 2 amide bonds. The Hall–Kier alpha value is -1.75. The molecule has 0 atom stereocenters. The summed E-state index contributed by atoms with van der Waals surface area (Å²) in [5.41, 5.74) is 1.69. The van der Waals surface area contributed by atoms with Gasteiger partial charge in [-0.25, -0.2) is 0 Å². The highest BCUT2D eigenvalue weighted by Crippen LogP contribution is 2.31. The fourth-order valence-corrected chi connectivity index (χ4v) is 2.28. The average Bonchev–Trinajstić information content (AvgIpc) is 2.68. The molecule has 1 fully saturated rings. The molecule has 1 N–H and O–H groups in total. The lowest BCUT2D eigenvalue weighted by Gasteiger charge is -2.05. The van der Waals surface area contributed by atoms with Gasteiger partial charge in [-0.1, -0.05) is 12.1 Å². The first-order chi connectivity index (χ1) is 8.11. The van der Waals surface area contributed by atoms with E-state index in [4.69, 9.17) is 4.74 Å². The SMILES string of the molecule is COc1ccc(/C(C)=C2/SC(=O)NC2=O)cc1. The molecule has 0 bridgehead atoms. The highest BCUT2D eigenvalue weighted by Gasteiger charge is 2.27. The summed E-state index contributed by atoms with van der Waals surface area (Å²) < 4.78 is 5.06. The van der Waals surface area contributed by atoms with Gasteiger partial charge in [-0.3, -0.25) is 14.9 Å². The lowest BCUT2D eigenvalue weighted by atomic mass is 10.1. The zero-order valence-corrected chi connectivity index (χ0v) is 10.3. The van der Waals surface area contributed by atoms with Crippen LogP contribution in [0, 0.1) is 0 Å². The van der Waals surface area contributed by atoms with Crippen LogP contribution in [0.25, 0.3) is 5.57 Å². The molecule has 1 heterocycles. The van der Waals surface area contributed by atoms with E-state index in [0.717, 1.165) is 28.6 Å². The number of nitrogens with one attached hydrogen (secondary N) is 1. The Morgan fingerprint density at radius 3 is 2.35 bits per heavy atom. The number of allylic oxidation sites excluding steroid dienone is 1. The summed E-state index contributed by atoms with van der Waals surface area (Å²) in [7, 11) is 1.60. The van der Waals surface area contributed by atoms with E-state index in [-0.39, 0.29) is 11.1 Å². The molecule has 5 heteroatoms. The number of rotatable bonds is 2. The Labute approximate surface area is 103 Å². The molecular weight excluding hydrogens is 238 g/mol. The molecule has 1 aromatic carbocycles. The number of hydrogen-bond acceptors (Lipinski definition) is 4. The smallest absolute Gasteiger partial charge is 0.290 e. The van der Waals surface area contributed by atoms with Gasteiger partial charge in [0.1, 0.15) is 5.75 Å². The predicted molar refractivity (Wildman–Crippen MR) is 66.7 cm³/mol. The molecule has 1 aromatic rings. The van der Waals surface area contributed by atoms with Crippen molar-refractivity contribution in [2.24, 2.45) is 0 Å². The number of amides is 2. The highest BCUT2D eigenvalue weighted by atomic mass is 32.2. The van der Waals surface area contributed by atoms with Gasteiger partial charge in [0.25, 0.3) is 11.1 Å². The lowest BCUT2D eigenvalue weighted by Crippen LogP contribution is -2.18. The molecule has 0 aromatic heterocycles. The Bertz CT molecular complexity index is 505. The van der Waals surface area contributed by atoms with E-state index in [2.05, 4.69) is 5.32 Å². The average molecular weight is 249 g/mol. The molecule has 0 aliphatic carbocycles. The van der Waals surface area contributed by atoms with E-state index >= 15 is 0 Å². The standard InChI is InChI=1S/C12H11NO3S/c1-7(10-11(14)13-12(15)17-10)8-3-5-9(16-2)6-4-8/h3-6H,1-2H3,(H,13,14,15)/b10-7+. The fourth-order valence-electron chi connectivity index (χ4n) is 1.53. The maximum atomic E-state index is 11.5. The van der Waals surface area contributed by atoms with Crippen molar-refractivity contribution < 1.29 is 14.3 Å². The second-order valence-corrected chi connectivity index (χ2v) is 4.51. The molecule has 4 nitrogen and oxygen atoms in total. The number of imide groups is 1. The molecular formula is C12H11NO3S. The third-order valence-corrected chi connectivity index (χ3v) is 3.46. The summed E-state index contributed by atoms with van der Waals surface area (Å²) in [6.07, 6.45) is 0. The van der Waals surface area contributed by atoms with Gasteiger partial charge in [0, 0.05) is 0 Å². The first kappa shape index (κ1) is 11.7. The number of carbonyl (C=O) groups is 2. The van der Waals surface area contributed by atoms with Crippen molar-refractivity contribution in [3.05, 3.63) is 34.7 Å². The third kappa shape index (κ3) is 2.34. The van der Waals surface area contributed by atoms with Crippen molar-refractivity contribution in [2.75, 3.05) is 7.11 Å². The maximum Gasteiger partial charge on any atom is 0.290 e. The second kappa shape index (κ2) is 4.63. The molecule has 1 saturated heterocycles. The van der Waals surface area contributed by atoms with Crippen molar-refractivity contribution in [3.8, 4) is 5.75 Å². The zero-order valence-electron chi connectivity index (χ0n) is 9.44. The first-order valence-electron chi connectivity index (χ1n) is 5.00. The van der Waals surface area contributed by atoms with Crippen LogP contribution in [0.4, 0.5) is 4.79 Å². The monoisotopic (exact) mass is 249 g/mol. The van der Waals surface area contributed by atoms with E-state index < -0.39 is 0 Å². The molecule has 0 radical (unpaired) electrons. The minimum absolute atomic E-state index is 0.321. The Morgan fingerprint density at radius 1 is 1.24 bits per heavy atom. The molecule has 1 aliphatic heterocycles. The zero-order chi connectivity index (χ0) is 12.4. The number of ether oxygens (including phenoxy) is 1. The second-order valence-electron chi connectivity index (χ2n) is 3.53. The summed E-state index contributed by atoms with van der Waals surface area (Å²) in [6, 6.07) is 7.35. The molecule has 0 spiro atoms. The van der Waals surface area contributed by atoms with Crippen LogP contribution in [-0.4, -0.2) is 18.3 Å². The lowest BCUT2D eigenvalue weighted by molar-refractivity contribution is -0.115. The molecule has 1 aliphatic rings. The van der Waals surface area contributed by atoms with Gasteiger partial charge in [-0.05, 0) is 42.0 Å². The van der Waals surface area contributed by atoms with Gasteiger partial charge in [0.15, 0.2) is 0 Å². The quantitative estimate of drug-likeness (QED) is 0.818. The van der Waals surface area contributed by atoms with Crippen LogP contribution in [0.15, 0.2) is 29.2 Å². The summed E-state index contributed by atoms with van der Waals surface area (Å²) in [5, 5.41) is 1.92. The van der Waals surface area contributed by atoms with Crippen LogP contribution < -0.4 is 10.1 Å². The molecule has 88 valence electrons. The van der Waals surface area contributed by atoms with E-state index in [1.54, 1.807) is 7.11 Å². The van der Waals surface area contributed by atoms with Crippen LogP contribution in [0.2, 0.25) is 0 Å². The summed E-state index contributed by atoms with van der Waals surface area (Å²) in [6.45, 7) is 1.82. The predicted octanol–water partition coefficient (Wildman–Crippen LogP) is 2.41. The number of benzene rings is 1. The molecule has 2 rings (SSSR count). The van der Waals surface area contributed by atoms with E-state index in [1.165, 1.54) is 0 Å². The maximum absolute atomic E-state index is 11.5. The van der Waals surface area contributed by atoms with Crippen molar-refractivity contribution in [3.63, 3.8) is 0 Å². The van der Waals surface area contributed by atoms with Crippen LogP contribution in [0.5, 0.6) is 5.75 Å². The van der Waals surface area contributed by atoms with Crippen molar-refractivity contribution in [2.45, 2.75) is 6.92 Å². The molecule has 0 saturated carbocycles. The minimum Gasteiger partial charge on any atom is -0.497 e. The van der Waals surface area contributed by atoms with E-state index in [9.17, 15) is 9.59 Å². The highest BCUT2D eigenvalue weighted by molar-refractivity contribution is 8.18. The van der Waals surface area contributed by atoms with Crippen LogP contribution in [-0.2, 0) is 4.79 Å². The van der Waals surface area contributed by atoms with E-state index in [0.29, 0.717) is 4.91 Å². The summed E-state index contributed by atoms with van der Waals surface area (Å²) in [5.74, 6) is 0.430. The van der Waals surface area contributed by atoms with Gasteiger partial charge in [-0.2, -0.15) is 0 Å². The number of carbonyl (C=O) groups excluding carboxylic acids is 2. The first-order valence-corrected chi connectivity index (χ1v) is 5.82. The normalized spacial score (nSPS) is 18.0. The van der Waals surface area contributed by atoms with Gasteiger partial charge in [0.2, 0.25) is 0 Å². The van der Waals surface area contributed by atoms with Gasteiger partial charge >= 0.3 is 0 Å². The third-order valence-electron chi connectivity index (χ3n) is 2.48. The van der Waals surface area contributed by atoms with Crippen LogP contribution in [0.3, 0.4) is 0 Å². The fraction of sp³-hybridized carbons (Fsp3) is 0.167. The largest absolute Gasteiger partial charge is 0.497 e. The van der Waals surface area contributed by atoms with Crippen molar-refractivity contribution in [1.29, 1.82) is 0 Å².